The van der Waals surface area contributed by atoms with Crippen molar-refractivity contribution < 1.29 is 4.58 Å². The number of amidine groups is 1. The molecule has 2 nitrogen and oxygen atoms in total. The van der Waals surface area contributed by atoms with Gasteiger partial charge in [0.1, 0.15) is 5.69 Å². The molecule has 1 rings (SSSR count). The van der Waals surface area contributed by atoms with E-state index in [0.29, 0.717) is 12.0 Å². The molecule has 0 heterocycles. The van der Waals surface area contributed by atoms with Crippen molar-refractivity contribution in [1.82, 2.24) is 0 Å². The van der Waals surface area contributed by atoms with Crippen LogP contribution in [0.4, 0.5) is 5.69 Å². The van der Waals surface area contributed by atoms with Gasteiger partial charge in [0.25, 0.3) is 5.84 Å². The molecule has 2 heteroatoms. The van der Waals surface area contributed by atoms with E-state index in [1.807, 2.05) is 0 Å². The van der Waals surface area contributed by atoms with Gasteiger partial charge < -0.3 is 0 Å². The van der Waals surface area contributed by atoms with Crippen molar-refractivity contribution in [3.8, 4) is 0 Å². The van der Waals surface area contributed by atoms with Gasteiger partial charge in [-0.1, -0.05) is 31.5 Å². The third-order valence-electron chi connectivity index (χ3n) is 3.63. The molecule has 1 aromatic rings. The van der Waals surface area contributed by atoms with Gasteiger partial charge in [0, 0.05) is 0 Å². The molecule has 0 atom stereocenters. The molecule has 0 spiro atoms. The molecular formula is C17H29N2+. The monoisotopic (exact) mass is 261 g/mol. The Balaban J connectivity index is 3.23. The number of rotatable bonds is 3. The summed E-state index contributed by atoms with van der Waals surface area (Å²) < 4.78 is 2.32. The van der Waals surface area contributed by atoms with Gasteiger partial charge in [0.05, 0.1) is 19.0 Å². The lowest BCUT2D eigenvalue weighted by atomic mass is 10.0. The van der Waals surface area contributed by atoms with Crippen LogP contribution < -0.4 is 5.32 Å². The van der Waals surface area contributed by atoms with E-state index in [0.717, 1.165) is 0 Å². The summed E-state index contributed by atoms with van der Waals surface area (Å²) >= 11 is 0. The second kappa shape index (κ2) is 6.23. The van der Waals surface area contributed by atoms with Crippen LogP contribution in [0, 0.1) is 26.7 Å². The Kier molecular flexibility index (Phi) is 5.16. The van der Waals surface area contributed by atoms with Crippen LogP contribution >= 0.6 is 0 Å². The molecule has 0 bridgehead atoms. The number of hydrogen-bond donors (Lipinski definition) is 1. The van der Waals surface area contributed by atoms with Crippen molar-refractivity contribution in [3.63, 3.8) is 0 Å². The zero-order chi connectivity index (χ0) is 14.7. The Labute approximate surface area is 118 Å². The Bertz CT molecular complexity index is 459. The SMILES string of the molecule is Cc1cc(C)c(NC(C(C)C)=[N+](C)C(C)C)c(C)c1. The Morgan fingerprint density at radius 3 is 1.84 bits per heavy atom. The molecular weight excluding hydrogens is 232 g/mol. The van der Waals surface area contributed by atoms with Crippen LogP contribution in [-0.4, -0.2) is 23.5 Å². The normalized spacial score (nSPS) is 12.9. The number of anilines is 1. The highest BCUT2D eigenvalue weighted by atomic mass is 15.1. The summed E-state index contributed by atoms with van der Waals surface area (Å²) in [6.07, 6.45) is 0. The van der Waals surface area contributed by atoms with Crippen LogP contribution in [0.25, 0.3) is 0 Å². The van der Waals surface area contributed by atoms with Gasteiger partial charge in [-0.15, -0.1) is 0 Å². The minimum Gasteiger partial charge on any atom is -0.266 e. The summed E-state index contributed by atoms with van der Waals surface area (Å²) in [5.74, 6) is 1.76. The van der Waals surface area contributed by atoms with Crippen molar-refractivity contribution >= 4 is 11.5 Å². The summed E-state index contributed by atoms with van der Waals surface area (Å²) in [7, 11) is 2.16. The maximum absolute atomic E-state index is 3.67. The largest absolute Gasteiger partial charge is 0.266 e. The molecule has 0 aliphatic heterocycles. The van der Waals surface area contributed by atoms with Crippen LogP contribution in [0.2, 0.25) is 0 Å². The first-order valence-corrected chi connectivity index (χ1v) is 7.18. The first kappa shape index (κ1) is 15.7. The second-order valence-electron chi connectivity index (χ2n) is 6.14. The first-order valence-electron chi connectivity index (χ1n) is 7.18. The fourth-order valence-electron chi connectivity index (χ4n) is 2.42. The summed E-state index contributed by atoms with van der Waals surface area (Å²) in [6, 6.07) is 4.97. The zero-order valence-electron chi connectivity index (χ0n) is 13.8. The molecule has 0 amide bonds. The van der Waals surface area contributed by atoms with Crippen LogP contribution in [0.15, 0.2) is 12.1 Å². The fourth-order valence-corrected chi connectivity index (χ4v) is 2.42. The molecule has 1 N–H and O–H groups in total. The maximum Gasteiger partial charge on any atom is 0.252 e. The molecule has 0 saturated carbocycles. The quantitative estimate of drug-likeness (QED) is 0.491. The molecule has 106 valence electrons. The van der Waals surface area contributed by atoms with Crippen molar-refractivity contribution in [2.75, 3.05) is 12.4 Å². The Morgan fingerprint density at radius 1 is 1.00 bits per heavy atom. The van der Waals surface area contributed by atoms with Gasteiger partial charge in [-0.05, 0) is 45.7 Å². The average molecular weight is 261 g/mol. The van der Waals surface area contributed by atoms with E-state index < -0.39 is 0 Å². The van der Waals surface area contributed by atoms with Gasteiger partial charge in [-0.25, -0.2) is 5.32 Å². The maximum atomic E-state index is 3.67. The second-order valence-corrected chi connectivity index (χ2v) is 6.14. The minimum absolute atomic E-state index is 0.479. The van der Waals surface area contributed by atoms with E-state index in [2.05, 4.69) is 77.5 Å². The zero-order valence-corrected chi connectivity index (χ0v) is 13.8. The summed E-state index contributed by atoms with van der Waals surface area (Å²) in [6.45, 7) is 15.4. The molecule has 0 aliphatic carbocycles. The smallest absolute Gasteiger partial charge is 0.252 e. The number of aryl methyl sites for hydroxylation is 3. The lowest BCUT2D eigenvalue weighted by Crippen LogP contribution is -2.33. The predicted molar refractivity (Wildman–Crippen MR) is 85.4 cm³/mol. The van der Waals surface area contributed by atoms with E-state index in [4.69, 9.17) is 0 Å². The van der Waals surface area contributed by atoms with Gasteiger partial charge >= 0.3 is 0 Å². The Morgan fingerprint density at radius 2 is 1.47 bits per heavy atom. The highest BCUT2D eigenvalue weighted by Gasteiger charge is 2.20. The number of benzene rings is 1. The lowest BCUT2D eigenvalue weighted by Gasteiger charge is -2.17. The molecule has 1 aromatic carbocycles. The van der Waals surface area contributed by atoms with Crippen LogP contribution in [0.1, 0.15) is 44.4 Å². The van der Waals surface area contributed by atoms with E-state index in [1.54, 1.807) is 0 Å². The van der Waals surface area contributed by atoms with Gasteiger partial charge in [0.15, 0.2) is 0 Å². The van der Waals surface area contributed by atoms with E-state index >= 15 is 0 Å². The first-order chi connectivity index (χ1) is 8.73. The van der Waals surface area contributed by atoms with E-state index in [1.165, 1.54) is 28.2 Å². The standard InChI is InChI=1S/C17H28N2/c1-11(2)17(19(8)12(3)4)18-16-14(6)9-13(5)10-15(16)7/h9-12H,1-8H3/p+1. The topological polar surface area (TPSA) is 15.0 Å². The summed E-state index contributed by atoms with van der Waals surface area (Å²) in [5.41, 5.74) is 5.20. The highest BCUT2D eigenvalue weighted by molar-refractivity contribution is 5.94. The molecule has 0 unspecified atom stereocenters. The third-order valence-corrected chi connectivity index (χ3v) is 3.63. The number of nitrogens with one attached hydrogen (secondary N) is 1. The third kappa shape index (κ3) is 3.82. The van der Waals surface area contributed by atoms with Crippen molar-refractivity contribution in [1.29, 1.82) is 0 Å². The van der Waals surface area contributed by atoms with Gasteiger partial charge in [-0.2, -0.15) is 0 Å². The van der Waals surface area contributed by atoms with E-state index in [-0.39, 0.29) is 0 Å². The summed E-state index contributed by atoms with van der Waals surface area (Å²) in [4.78, 5) is 0. The molecule has 0 aliphatic rings. The Hall–Kier alpha value is -1.31. The minimum atomic E-state index is 0.479. The number of nitrogens with zero attached hydrogens (tertiary/aromatic N) is 1. The lowest BCUT2D eigenvalue weighted by molar-refractivity contribution is -0.531. The van der Waals surface area contributed by atoms with Crippen molar-refractivity contribution in [2.24, 2.45) is 5.92 Å². The molecule has 0 fully saturated rings. The summed E-state index contributed by atoms with van der Waals surface area (Å²) in [5, 5.41) is 3.67. The van der Waals surface area contributed by atoms with Crippen molar-refractivity contribution in [2.45, 2.75) is 54.5 Å². The average Bonchev–Trinajstić information content (AvgIpc) is 2.26. The van der Waals surface area contributed by atoms with Crippen LogP contribution in [0.3, 0.4) is 0 Å². The van der Waals surface area contributed by atoms with E-state index in [9.17, 15) is 0 Å². The molecule has 0 aromatic heterocycles. The van der Waals surface area contributed by atoms with Gasteiger partial charge in [0.2, 0.25) is 0 Å². The van der Waals surface area contributed by atoms with Crippen molar-refractivity contribution in [3.05, 3.63) is 28.8 Å². The number of hydrogen-bond acceptors (Lipinski definition) is 0. The van der Waals surface area contributed by atoms with Crippen LogP contribution in [-0.2, 0) is 0 Å². The predicted octanol–water partition coefficient (Wildman–Crippen LogP) is 4.13. The fraction of sp³-hybridized carbons (Fsp3) is 0.588. The highest BCUT2D eigenvalue weighted by Crippen LogP contribution is 2.22. The molecule has 19 heavy (non-hydrogen) atoms. The van der Waals surface area contributed by atoms with Crippen LogP contribution in [0.5, 0.6) is 0 Å². The molecule has 0 radical (unpaired) electrons. The van der Waals surface area contributed by atoms with Gasteiger partial charge in [-0.3, -0.25) is 4.58 Å². The molecule has 0 saturated heterocycles.